The zero-order valence-corrected chi connectivity index (χ0v) is 13.0. The number of aromatic nitrogens is 3. The highest BCUT2D eigenvalue weighted by Gasteiger charge is 2.31. The van der Waals surface area contributed by atoms with Crippen molar-refractivity contribution < 1.29 is 27.5 Å². The molecule has 0 atom stereocenters. The summed E-state index contributed by atoms with van der Waals surface area (Å²) in [7, 11) is 0. The molecule has 0 fully saturated rings. The molecule has 2 aromatic heterocycles. The van der Waals surface area contributed by atoms with Gasteiger partial charge in [-0.15, -0.1) is 0 Å². The fourth-order valence-electron chi connectivity index (χ4n) is 2.44. The molecule has 134 valence electrons. The van der Waals surface area contributed by atoms with Crippen molar-refractivity contribution in [3.63, 3.8) is 0 Å². The third kappa shape index (κ3) is 3.88. The van der Waals surface area contributed by atoms with Gasteiger partial charge in [0.05, 0.1) is 11.3 Å². The summed E-state index contributed by atoms with van der Waals surface area (Å²) in [6, 6.07) is 6.79. The summed E-state index contributed by atoms with van der Waals surface area (Å²) in [6.07, 6.45) is -3.17. The summed E-state index contributed by atoms with van der Waals surface area (Å²) in [5, 5.41) is 15.1. The lowest BCUT2D eigenvalue weighted by Gasteiger charge is -2.10. The maximum Gasteiger partial charge on any atom is 0.416 e. The Kier molecular flexibility index (Phi) is 4.45. The molecule has 3 aromatic rings. The number of benzene rings is 1. The minimum atomic E-state index is -4.64. The van der Waals surface area contributed by atoms with Gasteiger partial charge in [0.15, 0.2) is 0 Å². The van der Waals surface area contributed by atoms with Gasteiger partial charge >= 0.3 is 12.1 Å². The van der Waals surface area contributed by atoms with Gasteiger partial charge in [0.2, 0.25) is 0 Å². The minimum Gasteiger partial charge on any atom is -0.477 e. The predicted octanol–water partition coefficient (Wildman–Crippen LogP) is 3.92. The van der Waals surface area contributed by atoms with E-state index >= 15 is 0 Å². The van der Waals surface area contributed by atoms with Crippen molar-refractivity contribution in [3.8, 4) is 11.4 Å². The number of pyridine rings is 1. The van der Waals surface area contributed by atoms with E-state index in [2.05, 4.69) is 15.2 Å². The van der Waals surface area contributed by atoms with E-state index in [1.54, 1.807) is 12.1 Å². The zero-order valence-electron chi connectivity index (χ0n) is 13.0. The number of aromatic amines is 1. The molecule has 0 amide bonds. The normalized spacial score (nSPS) is 11.5. The first kappa shape index (κ1) is 17.6. The lowest BCUT2D eigenvalue weighted by molar-refractivity contribution is -0.137. The first-order valence-corrected chi connectivity index (χ1v) is 7.33. The van der Waals surface area contributed by atoms with E-state index in [-0.39, 0.29) is 23.4 Å². The maximum absolute atomic E-state index is 13.5. The second kappa shape index (κ2) is 6.58. The van der Waals surface area contributed by atoms with E-state index in [9.17, 15) is 22.4 Å². The highest BCUT2D eigenvalue weighted by Crippen LogP contribution is 2.31. The first-order valence-electron chi connectivity index (χ1n) is 7.33. The molecule has 0 saturated heterocycles. The Labute approximate surface area is 144 Å². The predicted molar refractivity (Wildman–Crippen MR) is 83.0 cm³/mol. The quantitative estimate of drug-likeness (QED) is 0.687. The molecule has 0 aliphatic rings. The number of carboxylic acid groups (broad SMARTS) is 1. The summed E-state index contributed by atoms with van der Waals surface area (Å²) in [5.41, 5.74) is 0.182. The van der Waals surface area contributed by atoms with Crippen molar-refractivity contribution in [2.75, 3.05) is 0 Å². The second-order valence-electron chi connectivity index (χ2n) is 5.54. The summed E-state index contributed by atoms with van der Waals surface area (Å²) in [5.74, 6) is -2.15. The lowest BCUT2D eigenvalue weighted by Crippen LogP contribution is -2.06. The fourth-order valence-corrected chi connectivity index (χ4v) is 2.44. The van der Waals surface area contributed by atoms with Gasteiger partial charge in [-0.05, 0) is 47.9 Å². The second-order valence-corrected chi connectivity index (χ2v) is 5.54. The third-order valence-corrected chi connectivity index (χ3v) is 3.59. The zero-order chi connectivity index (χ0) is 18.9. The molecule has 5 nitrogen and oxygen atoms in total. The van der Waals surface area contributed by atoms with Gasteiger partial charge in [0, 0.05) is 12.3 Å². The molecular formula is C17H11F4N3O2. The summed E-state index contributed by atoms with van der Waals surface area (Å²) < 4.78 is 51.9. The monoisotopic (exact) mass is 365 g/mol. The number of carboxylic acids is 1. The van der Waals surface area contributed by atoms with Gasteiger partial charge in [0.1, 0.15) is 17.2 Å². The molecule has 0 radical (unpaired) electrons. The molecule has 1 aromatic carbocycles. The smallest absolute Gasteiger partial charge is 0.416 e. The molecule has 2 heterocycles. The van der Waals surface area contributed by atoms with Gasteiger partial charge in [-0.1, -0.05) is 0 Å². The van der Waals surface area contributed by atoms with Crippen LogP contribution in [0.5, 0.6) is 0 Å². The average molecular weight is 365 g/mol. The van der Waals surface area contributed by atoms with E-state index in [0.29, 0.717) is 17.3 Å². The number of hydrogen-bond acceptors (Lipinski definition) is 3. The van der Waals surface area contributed by atoms with Crippen LogP contribution in [-0.4, -0.2) is 26.3 Å². The van der Waals surface area contributed by atoms with Crippen molar-refractivity contribution in [3.05, 3.63) is 70.8 Å². The Hall–Kier alpha value is -3.23. The number of aromatic carboxylic acids is 1. The van der Waals surface area contributed by atoms with Crippen LogP contribution in [-0.2, 0) is 12.6 Å². The lowest BCUT2D eigenvalue weighted by atomic mass is 10.0. The molecule has 2 N–H and O–H groups in total. The Morgan fingerprint density at radius 3 is 2.50 bits per heavy atom. The van der Waals surface area contributed by atoms with Crippen molar-refractivity contribution >= 4 is 5.97 Å². The number of alkyl halides is 3. The van der Waals surface area contributed by atoms with Crippen molar-refractivity contribution in [1.82, 2.24) is 15.2 Å². The summed E-state index contributed by atoms with van der Waals surface area (Å²) in [4.78, 5) is 14.9. The van der Waals surface area contributed by atoms with E-state index in [1.807, 2.05) is 0 Å². The molecule has 0 aliphatic heterocycles. The third-order valence-electron chi connectivity index (χ3n) is 3.59. The number of carbonyl (C=O) groups is 1. The Balaban J connectivity index is 1.89. The molecule has 0 spiro atoms. The number of hydrogen-bond donors (Lipinski definition) is 2. The number of nitrogens with zero attached hydrogens (tertiary/aromatic N) is 2. The highest BCUT2D eigenvalue weighted by molar-refractivity contribution is 5.86. The Morgan fingerprint density at radius 1 is 1.08 bits per heavy atom. The van der Waals surface area contributed by atoms with Gasteiger partial charge in [0.25, 0.3) is 0 Å². The van der Waals surface area contributed by atoms with Crippen LogP contribution in [0.1, 0.15) is 27.2 Å². The number of nitrogens with one attached hydrogen (secondary N) is 1. The fraction of sp³-hybridized carbons (Fsp3) is 0.118. The molecule has 3 rings (SSSR count). The van der Waals surface area contributed by atoms with Gasteiger partial charge < -0.3 is 5.11 Å². The number of H-pyrrole nitrogens is 1. The molecule has 26 heavy (non-hydrogen) atoms. The topological polar surface area (TPSA) is 78.9 Å². The van der Waals surface area contributed by atoms with Crippen molar-refractivity contribution in [1.29, 1.82) is 0 Å². The number of rotatable bonds is 4. The van der Waals surface area contributed by atoms with Crippen LogP contribution in [0.2, 0.25) is 0 Å². The Bertz CT molecular complexity index is 967. The van der Waals surface area contributed by atoms with E-state index in [0.717, 1.165) is 12.1 Å². The summed E-state index contributed by atoms with van der Waals surface area (Å²) in [6.45, 7) is 0. The molecule has 0 saturated carbocycles. The van der Waals surface area contributed by atoms with Crippen molar-refractivity contribution in [2.45, 2.75) is 12.6 Å². The van der Waals surface area contributed by atoms with Crippen LogP contribution < -0.4 is 0 Å². The largest absolute Gasteiger partial charge is 0.477 e. The van der Waals surface area contributed by atoms with Crippen LogP contribution in [0.3, 0.4) is 0 Å². The van der Waals surface area contributed by atoms with Gasteiger partial charge in [-0.3, -0.25) is 10.1 Å². The first-order chi connectivity index (χ1) is 12.2. The highest BCUT2D eigenvalue weighted by atomic mass is 19.4. The molecule has 0 bridgehead atoms. The summed E-state index contributed by atoms with van der Waals surface area (Å²) >= 11 is 0. The van der Waals surface area contributed by atoms with Crippen LogP contribution >= 0.6 is 0 Å². The molecule has 9 heteroatoms. The van der Waals surface area contributed by atoms with Crippen LogP contribution in [0, 0.1) is 5.82 Å². The average Bonchev–Trinajstić information content (AvgIpc) is 3.04. The Morgan fingerprint density at radius 2 is 1.85 bits per heavy atom. The molecule has 0 aliphatic carbocycles. The minimum absolute atomic E-state index is 0.0482. The van der Waals surface area contributed by atoms with E-state index in [1.165, 1.54) is 12.3 Å². The van der Waals surface area contributed by atoms with Crippen LogP contribution in [0.4, 0.5) is 17.6 Å². The van der Waals surface area contributed by atoms with Gasteiger partial charge in [-0.2, -0.15) is 18.3 Å². The molecule has 0 unspecified atom stereocenters. The number of halogens is 4. The standard InChI is InChI=1S/C17H11F4N3O2/c18-12-5-10(4-11(7-12)17(19,20)21)3-9-1-2-22-13(6-9)14-8-15(16(25)26)24-23-14/h1-2,4-8H,3H2,(H,23,24)(H,25,26). The SMILES string of the molecule is O=C(O)c1cc(-c2cc(Cc3cc(F)cc(C(F)(F)F)c3)ccn2)n[nH]1. The van der Waals surface area contributed by atoms with Crippen LogP contribution in [0.25, 0.3) is 11.4 Å². The van der Waals surface area contributed by atoms with E-state index in [4.69, 9.17) is 5.11 Å². The van der Waals surface area contributed by atoms with Crippen molar-refractivity contribution in [2.24, 2.45) is 0 Å². The molecular weight excluding hydrogens is 354 g/mol. The van der Waals surface area contributed by atoms with Gasteiger partial charge in [-0.25, -0.2) is 9.18 Å². The maximum atomic E-state index is 13.5. The van der Waals surface area contributed by atoms with Crippen LogP contribution in [0.15, 0.2) is 42.6 Å². The van der Waals surface area contributed by atoms with E-state index < -0.39 is 23.5 Å².